The van der Waals surface area contributed by atoms with Crippen molar-refractivity contribution in [2.45, 2.75) is 19.3 Å². The number of nitrogens with zero attached hydrogens (tertiary/aromatic N) is 1. The first-order valence-electron chi connectivity index (χ1n) is 7.48. The maximum absolute atomic E-state index is 12.7. The Morgan fingerprint density at radius 3 is 2.76 bits per heavy atom. The number of rotatable bonds is 9. The highest BCUT2D eigenvalue weighted by molar-refractivity contribution is 5.77. The van der Waals surface area contributed by atoms with Crippen LogP contribution < -0.4 is 10.1 Å². The van der Waals surface area contributed by atoms with Crippen LogP contribution in [0.3, 0.4) is 0 Å². The first kappa shape index (κ1) is 15.8. The summed E-state index contributed by atoms with van der Waals surface area (Å²) in [5.74, 6) is 1.27. The van der Waals surface area contributed by atoms with Crippen LogP contribution in [0.5, 0.6) is 5.75 Å². The minimum absolute atomic E-state index is 0.109. The third kappa shape index (κ3) is 6.12. The summed E-state index contributed by atoms with van der Waals surface area (Å²) in [6, 6.07) is 5.95. The smallest absolute Gasteiger partial charge is 0.236 e. The van der Waals surface area contributed by atoms with E-state index in [1.807, 2.05) is 0 Å². The molecule has 0 saturated heterocycles. The Hall–Kier alpha value is -1.62. The summed E-state index contributed by atoms with van der Waals surface area (Å²) in [5, 5.41) is 3.19. The van der Waals surface area contributed by atoms with Crippen LogP contribution in [0.4, 0.5) is 4.39 Å². The molecule has 0 radical (unpaired) electrons. The largest absolute Gasteiger partial charge is 0.494 e. The average Bonchev–Trinajstić information content (AvgIpc) is 3.29. The molecule has 1 aliphatic carbocycles. The van der Waals surface area contributed by atoms with Gasteiger partial charge in [0.05, 0.1) is 13.2 Å². The summed E-state index contributed by atoms with van der Waals surface area (Å²) in [6.07, 6.45) is 3.33. The summed E-state index contributed by atoms with van der Waals surface area (Å²) in [6.45, 7) is 2.53. The van der Waals surface area contributed by atoms with Gasteiger partial charge < -0.3 is 15.0 Å². The van der Waals surface area contributed by atoms with Gasteiger partial charge in [-0.1, -0.05) is 0 Å². The molecule has 0 bridgehead atoms. The number of halogens is 1. The average molecular weight is 294 g/mol. The molecular weight excluding hydrogens is 271 g/mol. The lowest BCUT2D eigenvalue weighted by Gasteiger charge is -2.17. The molecular formula is C16H23FN2O2. The number of carbonyl (C=O) groups is 1. The zero-order valence-electron chi connectivity index (χ0n) is 12.5. The molecule has 1 aliphatic rings. The van der Waals surface area contributed by atoms with Crippen molar-refractivity contribution in [3.8, 4) is 5.75 Å². The monoisotopic (exact) mass is 294 g/mol. The molecule has 116 valence electrons. The fraction of sp³-hybridized carbons (Fsp3) is 0.562. The Morgan fingerprint density at radius 2 is 2.10 bits per heavy atom. The van der Waals surface area contributed by atoms with E-state index in [-0.39, 0.29) is 11.7 Å². The molecule has 0 aliphatic heterocycles. The van der Waals surface area contributed by atoms with E-state index < -0.39 is 0 Å². The van der Waals surface area contributed by atoms with E-state index in [1.54, 1.807) is 24.1 Å². The Bertz CT molecular complexity index is 446. The van der Waals surface area contributed by atoms with Crippen LogP contribution in [0, 0.1) is 11.7 Å². The third-order valence-electron chi connectivity index (χ3n) is 3.55. The zero-order valence-corrected chi connectivity index (χ0v) is 12.5. The standard InChI is InChI=1S/C16H23FN2O2/c1-19(16(20)12-18-11-13-3-4-13)9-2-10-21-15-7-5-14(17)6-8-15/h5-8,13,18H,2-4,9-12H2,1H3. The minimum Gasteiger partial charge on any atom is -0.494 e. The third-order valence-corrected chi connectivity index (χ3v) is 3.55. The van der Waals surface area contributed by atoms with Crippen LogP contribution >= 0.6 is 0 Å². The quantitative estimate of drug-likeness (QED) is 0.709. The SMILES string of the molecule is CN(CCCOc1ccc(F)cc1)C(=O)CNCC1CC1. The number of carbonyl (C=O) groups excluding carboxylic acids is 1. The van der Waals surface area contributed by atoms with Crippen molar-refractivity contribution in [2.75, 3.05) is 33.3 Å². The zero-order chi connectivity index (χ0) is 15.1. The van der Waals surface area contributed by atoms with E-state index in [4.69, 9.17) is 4.74 Å². The van der Waals surface area contributed by atoms with Gasteiger partial charge in [-0.3, -0.25) is 4.79 Å². The van der Waals surface area contributed by atoms with Crippen molar-refractivity contribution in [1.29, 1.82) is 0 Å². The molecule has 1 aromatic carbocycles. The number of hydrogen-bond acceptors (Lipinski definition) is 3. The number of hydrogen-bond donors (Lipinski definition) is 1. The van der Waals surface area contributed by atoms with Gasteiger partial charge in [0, 0.05) is 13.6 Å². The van der Waals surface area contributed by atoms with Gasteiger partial charge >= 0.3 is 0 Å². The van der Waals surface area contributed by atoms with Gasteiger partial charge in [-0.2, -0.15) is 0 Å². The van der Waals surface area contributed by atoms with Gasteiger partial charge in [0.1, 0.15) is 11.6 Å². The van der Waals surface area contributed by atoms with Crippen LogP contribution in [0.15, 0.2) is 24.3 Å². The highest BCUT2D eigenvalue weighted by atomic mass is 19.1. The van der Waals surface area contributed by atoms with Crippen molar-refractivity contribution in [2.24, 2.45) is 5.92 Å². The van der Waals surface area contributed by atoms with Crippen LogP contribution in [0.2, 0.25) is 0 Å². The predicted octanol–water partition coefficient (Wildman–Crippen LogP) is 2.05. The first-order valence-corrected chi connectivity index (χ1v) is 7.48. The van der Waals surface area contributed by atoms with Crippen LogP contribution in [0.1, 0.15) is 19.3 Å². The Kier molecular flexibility index (Phi) is 5.99. The van der Waals surface area contributed by atoms with Crippen molar-refractivity contribution in [3.63, 3.8) is 0 Å². The minimum atomic E-state index is -0.272. The second-order valence-corrected chi connectivity index (χ2v) is 5.55. The lowest BCUT2D eigenvalue weighted by Crippen LogP contribution is -2.37. The fourth-order valence-corrected chi connectivity index (χ4v) is 1.99. The highest BCUT2D eigenvalue weighted by Gasteiger charge is 2.20. The summed E-state index contributed by atoms with van der Waals surface area (Å²) >= 11 is 0. The van der Waals surface area contributed by atoms with Gasteiger partial charge in [0.15, 0.2) is 0 Å². The van der Waals surface area contributed by atoms with Gasteiger partial charge in [-0.05, 0) is 56.0 Å². The maximum Gasteiger partial charge on any atom is 0.236 e. The fourth-order valence-electron chi connectivity index (χ4n) is 1.99. The van der Waals surface area contributed by atoms with Gasteiger partial charge in [-0.25, -0.2) is 4.39 Å². The molecule has 0 atom stereocenters. The predicted molar refractivity (Wildman–Crippen MR) is 79.7 cm³/mol. The van der Waals surface area contributed by atoms with Crippen molar-refractivity contribution >= 4 is 5.91 Å². The second kappa shape index (κ2) is 7.98. The van der Waals surface area contributed by atoms with Gasteiger partial charge in [0.2, 0.25) is 5.91 Å². The van der Waals surface area contributed by atoms with E-state index in [9.17, 15) is 9.18 Å². The van der Waals surface area contributed by atoms with Gasteiger partial charge in [0.25, 0.3) is 0 Å². The number of benzene rings is 1. The van der Waals surface area contributed by atoms with Gasteiger partial charge in [-0.15, -0.1) is 0 Å². The Balaban J connectivity index is 1.54. The van der Waals surface area contributed by atoms with Crippen LogP contribution in [-0.4, -0.2) is 44.1 Å². The molecule has 21 heavy (non-hydrogen) atoms. The normalized spacial score (nSPS) is 14.0. The van der Waals surface area contributed by atoms with Crippen molar-refractivity contribution < 1.29 is 13.9 Å². The summed E-state index contributed by atoms with van der Waals surface area (Å²) in [7, 11) is 1.80. The molecule has 1 aromatic rings. The molecule has 0 aromatic heterocycles. The highest BCUT2D eigenvalue weighted by Crippen LogP contribution is 2.27. The molecule has 2 rings (SSSR count). The molecule has 0 heterocycles. The maximum atomic E-state index is 12.7. The number of amides is 1. The molecule has 4 nitrogen and oxygen atoms in total. The molecule has 1 saturated carbocycles. The van der Waals surface area contributed by atoms with Crippen molar-refractivity contribution in [3.05, 3.63) is 30.1 Å². The topological polar surface area (TPSA) is 41.6 Å². The lowest BCUT2D eigenvalue weighted by molar-refractivity contribution is -0.129. The molecule has 0 spiro atoms. The number of ether oxygens (including phenoxy) is 1. The molecule has 1 N–H and O–H groups in total. The summed E-state index contributed by atoms with van der Waals surface area (Å²) < 4.78 is 18.2. The molecule has 1 fully saturated rings. The Labute approximate surface area is 125 Å². The second-order valence-electron chi connectivity index (χ2n) is 5.55. The van der Waals surface area contributed by atoms with E-state index >= 15 is 0 Å². The van der Waals surface area contributed by atoms with E-state index in [0.29, 0.717) is 25.4 Å². The van der Waals surface area contributed by atoms with E-state index in [1.165, 1.54) is 25.0 Å². The van der Waals surface area contributed by atoms with E-state index in [0.717, 1.165) is 18.9 Å². The molecule has 0 unspecified atom stereocenters. The molecule has 1 amide bonds. The first-order chi connectivity index (χ1) is 10.1. The van der Waals surface area contributed by atoms with Crippen LogP contribution in [0.25, 0.3) is 0 Å². The van der Waals surface area contributed by atoms with Crippen molar-refractivity contribution in [1.82, 2.24) is 10.2 Å². The van der Waals surface area contributed by atoms with E-state index in [2.05, 4.69) is 5.32 Å². The number of likely N-dealkylation sites (N-methyl/N-ethyl adjacent to an activating group) is 1. The lowest BCUT2D eigenvalue weighted by atomic mass is 10.3. The Morgan fingerprint density at radius 1 is 1.38 bits per heavy atom. The number of nitrogens with one attached hydrogen (secondary N) is 1. The molecule has 5 heteroatoms. The van der Waals surface area contributed by atoms with Crippen LogP contribution in [-0.2, 0) is 4.79 Å². The summed E-state index contributed by atoms with van der Waals surface area (Å²) in [4.78, 5) is 13.5. The summed E-state index contributed by atoms with van der Waals surface area (Å²) in [5.41, 5.74) is 0.